The summed E-state index contributed by atoms with van der Waals surface area (Å²) in [6.45, 7) is 4.07. The second kappa shape index (κ2) is 12.3. The molecule has 0 aliphatic heterocycles. The Bertz CT molecular complexity index is 1800. The van der Waals surface area contributed by atoms with Crippen molar-refractivity contribution in [1.29, 1.82) is 0 Å². The maximum atomic E-state index is 13.0. The van der Waals surface area contributed by atoms with Crippen LogP contribution in [0.5, 0.6) is 23.0 Å². The van der Waals surface area contributed by atoms with Crippen molar-refractivity contribution in [2.45, 2.75) is 20.5 Å². The fourth-order valence-corrected chi connectivity index (χ4v) is 4.48. The van der Waals surface area contributed by atoms with Gasteiger partial charge < -0.3 is 18.6 Å². The van der Waals surface area contributed by atoms with Gasteiger partial charge in [0, 0.05) is 27.8 Å². The summed E-state index contributed by atoms with van der Waals surface area (Å²) in [7, 11) is 0. The number of carbonyl (C=O) groups is 1. The van der Waals surface area contributed by atoms with Gasteiger partial charge in [-0.3, -0.25) is 4.79 Å². The van der Waals surface area contributed by atoms with Crippen LogP contribution >= 0.6 is 23.2 Å². The molecule has 206 valence electrons. The van der Waals surface area contributed by atoms with Crippen LogP contribution < -0.4 is 19.6 Å². The molecule has 0 saturated heterocycles. The van der Waals surface area contributed by atoms with Gasteiger partial charge in [-0.25, -0.2) is 4.79 Å². The Labute approximate surface area is 246 Å². The highest BCUT2D eigenvalue weighted by atomic mass is 35.5. The third-order valence-corrected chi connectivity index (χ3v) is 6.94. The van der Waals surface area contributed by atoms with Crippen molar-refractivity contribution < 1.29 is 23.4 Å². The van der Waals surface area contributed by atoms with E-state index in [-0.39, 0.29) is 29.1 Å². The lowest BCUT2D eigenvalue weighted by atomic mass is 10.1. The summed E-state index contributed by atoms with van der Waals surface area (Å²) in [5.41, 5.74) is 3.33. The summed E-state index contributed by atoms with van der Waals surface area (Å²) in [5, 5.41) is 1.38. The molecule has 0 bridgehead atoms. The van der Waals surface area contributed by atoms with E-state index in [0.717, 1.165) is 16.7 Å². The predicted octanol–water partition coefficient (Wildman–Crippen LogP) is 8.71. The zero-order chi connectivity index (χ0) is 28.9. The van der Waals surface area contributed by atoms with Gasteiger partial charge in [0.2, 0.25) is 11.2 Å². The van der Waals surface area contributed by atoms with Crippen molar-refractivity contribution >= 4 is 46.2 Å². The van der Waals surface area contributed by atoms with Gasteiger partial charge in [-0.1, -0.05) is 53.5 Å². The molecule has 5 rings (SSSR count). The Hall–Kier alpha value is -4.52. The van der Waals surface area contributed by atoms with Crippen LogP contribution in [-0.4, -0.2) is 5.97 Å². The van der Waals surface area contributed by atoms with Crippen molar-refractivity contribution in [2.75, 3.05) is 0 Å². The van der Waals surface area contributed by atoms with E-state index in [4.69, 9.17) is 41.8 Å². The molecule has 0 fully saturated rings. The molecule has 5 aromatic rings. The van der Waals surface area contributed by atoms with Gasteiger partial charge in [0.25, 0.3) is 0 Å². The van der Waals surface area contributed by atoms with Gasteiger partial charge in [0.15, 0.2) is 0 Å². The normalized spacial score (nSPS) is 11.1. The van der Waals surface area contributed by atoms with Gasteiger partial charge >= 0.3 is 5.97 Å². The van der Waals surface area contributed by atoms with E-state index in [9.17, 15) is 9.59 Å². The minimum Gasteiger partial charge on any atom is -0.489 e. The van der Waals surface area contributed by atoms with Crippen molar-refractivity contribution in [2.24, 2.45) is 0 Å². The zero-order valence-electron chi connectivity index (χ0n) is 22.2. The minimum absolute atomic E-state index is 0.0722. The summed E-state index contributed by atoms with van der Waals surface area (Å²) in [6, 6.07) is 22.8. The first-order chi connectivity index (χ1) is 19.8. The van der Waals surface area contributed by atoms with Crippen molar-refractivity contribution in [3.8, 4) is 23.0 Å². The van der Waals surface area contributed by atoms with Crippen LogP contribution in [0, 0.1) is 13.8 Å². The monoisotopic (exact) mass is 586 g/mol. The Morgan fingerprint density at radius 2 is 1.61 bits per heavy atom. The molecule has 0 spiro atoms. The molecule has 0 saturated carbocycles. The number of halogens is 2. The highest BCUT2D eigenvalue weighted by molar-refractivity contribution is 6.35. The summed E-state index contributed by atoms with van der Waals surface area (Å²) >= 11 is 12.4. The largest absolute Gasteiger partial charge is 0.489 e. The SMILES string of the molecule is Cc1ccc(C)c(Oc2coc3cc(OC(=O)C=Cc4ccc(OCc5c(Cl)cccc5Cl)cc4)ccc3c2=O)c1. The molecule has 1 aromatic heterocycles. The average Bonchev–Trinajstić information content (AvgIpc) is 2.95. The summed E-state index contributed by atoms with van der Waals surface area (Å²) in [5.74, 6) is 0.929. The van der Waals surface area contributed by atoms with Gasteiger partial charge in [0.1, 0.15) is 35.7 Å². The van der Waals surface area contributed by atoms with Crippen LogP contribution in [0.3, 0.4) is 0 Å². The van der Waals surface area contributed by atoms with Crippen molar-refractivity contribution in [3.63, 3.8) is 0 Å². The number of esters is 1. The Morgan fingerprint density at radius 1 is 0.878 bits per heavy atom. The zero-order valence-corrected chi connectivity index (χ0v) is 23.7. The standard InChI is InChI=1S/C33H24Cl2O6/c1-20-6-7-21(2)29(16-20)41-31-19-39-30-17-24(13-14-25(30)33(31)37)40-32(36)15-10-22-8-11-23(12-9-22)38-18-26-27(34)4-3-5-28(26)35/h3-17,19H,18H2,1-2H3. The van der Waals surface area contributed by atoms with Gasteiger partial charge in [-0.2, -0.15) is 0 Å². The average molecular weight is 587 g/mol. The van der Waals surface area contributed by atoms with Crippen molar-refractivity contribution in [1.82, 2.24) is 0 Å². The van der Waals surface area contributed by atoms with Crippen LogP contribution in [0.1, 0.15) is 22.3 Å². The number of hydrogen-bond acceptors (Lipinski definition) is 6. The quantitative estimate of drug-likeness (QED) is 0.103. The number of rotatable bonds is 8. The molecule has 0 atom stereocenters. The number of carbonyl (C=O) groups excluding carboxylic acids is 1. The van der Waals surface area contributed by atoms with E-state index in [1.807, 2.05) is 32.0 Å². The fourth-order valence-electron chi connectivity index (χ4n) is 3.98. The molecule has 0 aliphatic rings. The van der Waals surface area contributed by atoms with Crippen LogP contribution in [-0.2, 0) is 11.4 Å². The molecule has 0 amide bonds. The Kier molecular flexibility index (Phi) is 8.43. The third kappa shape index (κ3) is 6.80. The number of hydrogen-bond donors (Lipinski definition) is 0. The number of benzene rings is 4. The Balaban J connectivity index is 1.21. The molecule has 1 heterocycles. The Morgan fingerprint density at radius 3 is 2.37 bits per heavy atom. The van der Waals surface area contributed by atoms with E-state index >= 15 is 0 Å². The maximum Gasteiger partial charge on any atom is 0.336 e. The number of ether oxygens (including phenoxy) is 3. The second-order valence-electron chi connectivity index (χ2n) is 9.27. The lowest BCUT2D eigenvalue weighted by Crippen LogP contribution is -2.07. The molecule has 0 N–H and O–H groups in total. The van der Waals surface area contributed by atoms with Crippen LogP contribution in [0.4, 0.5) is 0 Å². The third-order valence-electron chi connectivity index (χ3n) is 6.23. The topological polar surface area (TPSA) is 75.0 Å². The first kappa shape index (κ1) is 28.0. The van der Waals surface area contributed by atoms with Crippen molar-refractivity contribution in [3.05, 3.63) is 134 Å². The molecule has 6 nitrogen and oxygen atoms in total. The highest BCUT2D eigenvalue weighted by Crippen LogP contribution is 2.28. The minimum atomic E-state index is -0.588. The molecule has 0 aliphatic carbocycles. The van der Waals surface area contributed by atoms with Crippen LogP contribution in [0.2, 0.25) is 10.0 Å². The summed E-state index contributed by atoms with van der Waals surface area (Å²) in [6.07, 6.45) is 4.18. The second-order valence-corrected chi connectivity index (χ2v) is 10.1. The van der Waals surface area contributed by atoms with Gasteiger partial charge in [-0.15, -0.1) is 0 Å². The summed E-state index contributed by atoms with van der Waals surface area (Å²) in [4.78, 5) is 25.4. The molecule has 8 heteroatoms. The molecule has 41 heavy (non-hydrogen) atoms. The number of aryl methyl sites for hydroxylation is 2. The van der Waals surface area contributed by atoms with E-state index in [1.54, 1.807) is 48.5 Å². The fraction of sp³-hybridized carbons (Fsp3) is 0.0909. The molecule has 4 aromatic carbocycles. The molecule has 0 radical (unpaired) electrons. The van der Waals surface area contributed by atoms with Gasteiger partial charge in [-0.05, 0) is 79.1 Å². The maximum absolute atomic E-state index is 13.0. The smallest absolute Gasteiger partial charge is 0.336 e. The predicted molar refractivity (Wildman–Crippen MR) is 160 cm³/mol. The van der Waals surface area contributed by atoms with Crippen LogP contribution in [0.25, 0.3) is 17.0 Å². The highest BCUT2D eigenvalue weighted by Gasteiger charge is 2.13. The first-order valence-corrected chi connectivity index (χ1v) is 13.4. The molecular formula is C33H24Cl2O6. The lowest BCUT2D eigenvalue weighted by Gasteiger charge is -2.09. The first-order valence-electron chi connectivity index (χ1n) is 12.6. The van der Waals surface area contributed by atoms with E-state index in [0.29, 0.717) is 32.5 Å². The van der Waals surface area contributed by atoms with E-state index < -0.39 is 5.97 Å². The summed E-state index contributed by atoms with van der Waals surface area (Å²) < 4.78 is 22.6. The molecule has 0 unspecified atom stereocenters. The van der Waals surface area contributed by atoms with Gasteiger partial charge in [0.05, 0.1) is 5.39 Å². The molecular weight excluding hydrogens is 563 g/mol. The van der Waals surface area contributed by atoms with E-state index in [2.05, 4.69) is 0 Å². The lowest BCUT2D eigenvalue weighted by molar-refractivity contribution is -0.128. The van der Waals surface area contributed by atoms with E-state index in [1.165, 1.54) is 30.5 Å². The van der Waals surface area contributed by atoms with Crippen LogP contribution in [0.15, 0.2) is 100 Å². The number of fused-ring (bicyclic) bond motifs is 1.